The van der Waals surface area contributed by atoms with E-state index in [0.717, 1.165) is 27.5 Å². The zero-order valence-electron chi connectivity index (χ0n) is 12.1. The van der Waals surface area contributed by atoms with E-state index in [2.05, 4.69) is 15.0 Å². The third kappa shape index (κ3) is 2.71. The van der Waals surface area contributed by atoms with Gasteiger partial charge in [0.15, 0.2) is 5.58 Å². The number of hydrogen-bond donors (Lipinski definition) is 1. The van der Waals surface area contributed by atoms with E-state index in [1.165, 1.54) is 11.8 Å². The van der Waals surface area contributed by atoms with E-state index in [1.54, 1.807) is 0 Å². The predicted molar refractivity (Wildman–Crippen MR) is 83.4 cm³/mol. The van der Waals surface area contributed by atoms with Crippen molar-refractivity contribution in [2.24, 2.45) is 0 Å². The lowest BCUT2D eigenvalue weighted by Crippen LogP contribution is -2.05. The number of anilines is 1. The third-order valence-corrected chi connectivity index (χ3v) is 4.07. The Hall–Kier alpha value is -2.08. The zero-order chi connectivity index (χ0) is 15.0. The monoisotopic (exact) mass is 300 g/mol. The van der Waals surface area contributed by atoms with Gasteiger partial charge in [-0.25, -0.2) is 15.0 Å². The normalized spacial score (nSPS) is 11.4. The van der Waals surface area contributed by atoms with Crippen LogP contribution in [0, 0.1) is 6.92 Å². The zero-order valence-corrected chi connectivity index (χ0v) is 12.9. The van der Waals surface area contributed by atoms with Gasteiger partial charge < -0.3 is 10.2 Å². The molecule has 108 valence electrons. The number of oxazole rings is 1. The van der Waals surface area contributed by atoms with Gasteiger partial charge in [0.25, 0.3) is 5.22 Å². The van der Waals surface area contributed by atoms with E-state index >= 15 is 0 Å². The standard InChI is InChI=1S/C15H16N4OS/c1-8(2)13-18-12(16)9(3)14(19-13)21-15-17-10-6-4-5-7-11(10)20-15/h4-8H,1-3H3,(H2,16,18,19). The number of nitrogens with two attached hydrogens (primary N) is 1. The van der Waals surface area contributed by atoms with Crippen molar-refractivity contribution < 1.29 is 4.42 Å². The highest BCUT2D eigenvalue weighted by molar-refractivity contribution is 7.99. The summed E-state index contributed by atoms with van der Waals surface area (Å²) >= 11 is 1.38. The van der Waals surface area contributed by atoms with Crippen LogP contribution in [0.2, 0.25) is 0 Å². The van der Waals surface area contributed by atoms with Gasteiger partial charge in [0.1, 0.15) is 22.2 Å². The highest BCUT2D eigenvalue weighted by Gasteiger charge is 2.15. The average Bonchev–Trinajstić information content (AvgIpc) is 2.85. The largest absolute Gasteiger partial charge is 0.431 e. The molecule has 0 aliphatic heterocycles. The molecule has 6 heteroatoms. The number of nitrogens with zero attached hydrogens (tertiary/aromatic N) is 3. The van der Waals surface area contributed by atoms with Crippen molar-refractivity contribution in [2.45, 2.75) is 36.9 Å². The summed E-state index contributed by atoms with van der Waals surface area (Å²) in [5.41, 5.74) is 8.43. The molecular formula is C15H16N4OS. The van der Waals surface area contributed by atoms with Gasteiger partial charge in [-0.15, -0.1) is 0 Å². The predicted octanol–water partition coefficient (Wildman–Crippen LogP) is 3.78. The fourth-order valence-corrected chi connectivity index (χ4v) is 2.70. The van der Waals surface area contributed by atoms with E-state index in [1.807, 2.05) is 45.0 Å². The van der Waals surface area contributed by atoms with Gasteiger partial charge in [-0.3, -0.25) is 0 Å². The van der Waals surface area contributed by atoms with Crippen LogP contribution in [0.15, 0.2) is 38.9 Å². The second kappa shape index (κ2) is 5.37. The first-order valence-corrected chi connectivity index (χ1v) is 7.53. The number of aromatic nitrogens is 3. The van der Waals surface area contributed by atoms with Crippen LogP contribution in [-0.2, 0) is 0 Å². The van der Waals surface area contributed by atoms with Crippen molar-refractivity contribution in [3.05, 3.63) is 35.7 Å². The van der Waals surface area contributed by atoms with Crippen LogP contribution in [0.25, 0.3) is 11.1 Å². The van der Waals surface area contributed by atoms with E-state index in [-0.39, 0.29) is 5.92 Å². The lowest BCUT2D eigenvalue weighted by Gasteiger charge is -2.10. The van der Waals surface area contributed by atoms with Crippen LogP contribution in [0.4, 0.5) is 5.82 Å². The summed E-state index contributed by atoms with van der Waals surface area (Å²) in [5.74, 6) is 1.46. The van der Waals surface area contributed by atoms with Crippen molar-refractivity contribution >= 4 is 28.7 Å². The molecule has 0 atom stereocenters. The maximum Gasteiger partial charge on any atom is 0.263 e. The molecule has 1 aromatic carbocycles. The summed E-state index contributed by atoms with van der Waals surface area (Å²) in [5, 5.41) is 1.35. The Bertz CT molecular complexity index is 764. The topological polar surface area (TPSA) is 77.8 Å². The smallest absolute Gasteiger partial charge is 0.263 e. The molecule has 0 saturated heterocycles. The molecule has 2 aromatic heterocycles. The van der Waals surface area contributed by atoms with Crippen LogP contribution >= 0.6 is 11.8 Å². The van der Waals surface area contributed by atoms with Crippen molar-refractivity contribution in [3.8, 4) is 0 Å². The lowest BCUT2D eigenvalue weighted by atomic mass is 10.2. The number of para-hydroxylation sites is 2. The summed E-state index contributed by atoms with van der Waals surface area (Å²) in [6.07, 6.45) is 0. The van der Waals surface area contributed by atoms with Gasteiger partial charge in [-0.05, 0) is 30.8 Å². The minimum absolute atomic E-state index is 0.218. The SMILES string of the molecule is Cc1c(N)nc(C(C)C)nc1Sc1nc2ccccc2o1. The number of nitrogen functional groups attached to an aromatic ring is 1. The molecule has 3 aromatic rings. The first kappa shape index (κ1) is 13.9. The fraction of sp³-hybridized carbons (Fsp3) is 0.267. The highest BCUT2D eigenvalue weighted by atomic mass is 32.2. The fourth-order valence-electron chi connectivity index (χ4n) is 1.86. The van der Waals surface area contributed by atoms with E-state index in [0.29, 0.717) is 11.0 Å². The Morgan fingerprint density at radius 3 is 2.62 bits per heavy atom. The summed E-state index contributed by atoms with van der Waals surface area (Å²) in [4.78, 5) is 13.3. The van der Waals surface area contributed by atoms with Gasteiger partial charge in [0.05, 0.1) is 0 Å². The molecule has 0 bridgehead atoms. The van der Waals surface area contributed by atoms with Crippen LogP contribution in [0.3, 0.4) is 0 Å². The molecule has 2 heterocycles. The summed E-state index contributed by atoms with van der Waals surface area (Å²) < 4.78 is 5.72. The number of hydrogen-bond acceptors (Lipinski definition) is 6. The molecule has 0 radical (unpaired) electrons. The summed E-state index contributed by atoms with van der Waals surface area (Å²) in [6, 6.07) is 7.67. The average molecular weight is 300 g/mol. The molecule has 0 aliphatic rings. The molecule has 0 fully saturated rings. The van der Waals surface area contributed by atoms with E-state index in [4.69, 9.17) is 10.2 Å². The Labute approximate surface area is 127 Å². The molecule has 0 unspecified atom stereocenters. The summed E-state index contributed by atoms with van der Waals surface area (Å²) in [7, 11) is 0. The molecular weight excluding hydrogens is 284 g/mol. The van der Waals surface area contributed by atoms with Crippen molar-refractivity contribution in [2.75, 3.05) is 5.73 Å². The first-order chi connectivity index (χ1) is 10.0. The Balaban J connectivity index is 2.00. The molecule has 21 heavy (non-hydrogen) atoms. The van der Waals surface area contributed by atoms with Crippen molar-refractivity contribution in [1.29, 1.82) is 0 Å². The minimum atomic E-state index is 0.218. The molecule has 3 rings (SSSR count). The Morgan fingerprint density at radius 2 is 1.90 bits per heavy atom. The third-order valence-electron chi connectivity index (χ3n) is 3.13. The van der Waals surface area contributed by atoms with Crippen LogP contribution in [-0.4, -0.2) is 15.0 Å². The van der Waals surface area contributed by atoms with Gasteiger partial charge in [-0.2, -0.15) is 0 Å². The maximum atomic E-state index is 5.97. The van der Waals surface area contributed by atoms with Gasteiger partial charge >= 0.3 is 0 Å². The molecule has 0 amide bonds. The van der Waals surface area contributed by atoms with Crippen LogP contribution in [0.5, 0.6) is 0 Å². The van der Waals surface area contributed by atoms with Crippen molar-refractivity contribution in [1.82, 2.24) is 15.0 Å². The van der Waals surface area contributed by atoms with Gasteiger partial charge in [0.2, 0.25) is 0 Å². The molecule has 2 N–H and O–H groups in total. The number of rotatable bonds is 3. The lowest BCUT2D eigenvalue weighted by molar-refractivity contribution is 0.489. The second-order valence-corrected chi connectivity index (χ2v) is 6.04. The minimum Gasteiger partial charge on any atom is -0.431 e. The van der Waals surface area contributed by atoms with E-state index < -0.39 is 0 Å². The highest BCUT2D eigenvalue weighted by Crippen LogP contribution is 2.32. The maximum absolute atomic E-state index is 5.97. The van der Waals surface area contributed by atoms with Gasteiger partial charge in [-0.1, -0.05) is 26.0 Å². The number of fused-ring (bicyclic) bond motifs is 1. The van der Waals surface area contributed by atoms with Gasteiger partial charge in [0, 0.05) is 11.5 Å². The summed E-state index contributed by atoms with van der Waals surface area (Å²) in [6.45, 7) is 5.99. The van der Waals surface area contributed by atoms with Crippen LogP contribution < -0.4 is 5.73 Å². The Morgan fingerprint density at radius 1 is 1.14 bits per heavy atom. The van der Waals surface area contributed by atoms with Crippen LogP contribution in [0.1, 0.15) is 31.2 Å². The Kier molecular flexibility index (Phi) is 3.55. The molecule has 0 aliphatic carbocycles. The van der Waals surface area contributed by atoms with E-state index in [9.17, 15) is 0 Å². The molecule has 5 nitrogen and oxygen atoms in total. The molecule has 0 saturated carbocycles. The first-order valence-electron chi connectivity index (χ1n) is 6.72. The quantitative estimate of drug-likeness (QED) is 0.742. The number of benzene rings is 1. The molecule has 0 spiro atoms. The van der Waals surface area contributed by atoms with Crippen molar-refractivity contribution in [3.63, 3.8) is 0 Å². The second-order valence-electron chi connectivity index (χ2n) is 5.10.